The summed E-state index contributed by atoms with van der Waals surface area (Å²) in [5, 5.41) is 4.47. The molecule has 2 aliphatic heterocycles. The molecule has 1 aromatic heterocycles. The van der Waals surface area contributed by atoms with E-state index < -0.39 is 0 Å². The molecule has 0 amide bonds. The van der Waals surface area contributed by atoms with Crippen molar-refractivity contribution in [1.82, 2.24) is 10.2 Å². The van der Waals surface area contributed by atoms with E-state index in [0.29, 0.717) is 6.04 Å². The van der Waals surface area contributed by atoms with Crippen molar-refractivity contribution in [3.05, 3.63) is 47.2 Å². The molecule has 2 aromatic rings. The number of nitrogens with zero attached hydrogens (tertiary/aromatic N) is 1. The first-order valence-electron chi connectivity index (χ1n) is 8.09. The van der Waals surface area contributed by atoms with E-state index in [-0.39, 0.29) is 0 Å². The van der Waals surface area contributed by atoms with Crippen molar-refractivity contribution in [2.24, 2.45) is 0 Å². The molecule has 22 heavy (non-hydrogen) atoms. The van der Waals surface area contributed by atoms with Gasteiger partial charge in [0.1, 0.15) is 11.5 Å². The number of rotatable bonds is 3. The highest BCUT2D eigenvalue weighted by atomic mass is 35.5. The maximum atomic E-state index is 6.03. The Morgan fingerprint density at radius 2 is 1.86 bits per heavy atom. The zero-order valence-corrected chi connectivity index (χ0v) is 13.4. The van der Waals surface area contributed by atoms with E-state index in [1.807, 2.05) is 24.3 Å². The Hall–Kier alpha value is -1.29. The topological polar surface area (TPSA) is 28.4 Å². The quantitative estimate of drug-likeness (QED) is 0.930. The molecule has 1 N–H and O–H groups in total. The number of halogens is 1. The lowest BCUT2D eigenvalue weighted by Gasteiger charge is -2.22. The van der Waals surface area contributed by atoms with Crippen molar-refractivity contribution in [3.63, 3.8) is 0 Å². The fourth-order valence-corrected chi connectivity index (χ4v) is 3.74. The summed E-state index contributed by atoms with van der Waals surface area (Å²) in [7, 11) is 0. The Labute approximate surface area is 136 Å². The molecule has 2 atom stereocenters. The van der Waals surface area contributed by atoms with Crippen LogP contribution in [0.15, 0.2) is 40.8 Å². The van der Waals surface area contributed by atoms with Gasteiger partial charge in [0.2, 0.25) is 0 Å². The zero-order chi connectivity index (χ0) is 14.9. The first kappa shape index (κ1) is 14.3. The summed E-state index contributed by atoms with van der Waals surface area (Å²) in [4.78, 5) is 2.52. The number of hydrogen-bond acceptors (Lipinski definition) is 3. The number of benzene rings is 1. The fraction of sp³-hybridized carbons (Fsp3) is 0.444. The standard InChI is InChI=1S/C18H21ClN2O/c19-14-3-1-13(2-4-14)18-8-7-17(22-18)12-21-10-9-15-5-6-16(11-21)20-15/h1-4,7-8,15-16,20H,5-6,9-12H2. The second-order valence-corrected chi connectivity index (χ2v) is 6.87. The van der Waals surface area contributed by atoms with Crippen molar-refractivity contribution < 1.29 is 4.42 Å². The molecule has 0 radical (unpaired) electrons. The van der Waals surface area contributed by atoms with E-state index in [1.54, 1.807) is 0 Å². The SMILES string of the molecule is Clc1ccc(-c2ccc(CN3CCC4CCC(C3)N4)o2)cc1. The minimum absolute atomic E-state index is 0.665. The Balaban J connectivity index is 1.44. The molecule has 116 valence electrons. The van der Waals surface area contributed by atoms with Crippen molar-refractivity contribution in [2.75, 3.05) is 13.1 Å². The fourth-order valence-electron chi connectivity index (χ4n) is 3.61. The molecule has 4 heteroatoms. The van der Waals surface area contributed by atoms with E-state index in [2.05, 4.69) is 22.3 Å². The maximum Gasteiger partial charge on any atom is 0.134 e. The number of fused-ring (bicyclic) bond motifs is 2. The molecule has 0 aliphatic carbocycles. The maximum absolute atomic E-state index is 6.03. The van der Waals surface area contributed by atoms with Crippen LogP contribution in [-0.2, 0) is 6.54 Å². The minimum atomic E-state index is 0.665. The monoisotopic (exact) mass is 316 g/mol. The molecule has 2 aliphatic rings. The Morgan fingerprint density at radius 3 is 2.73 bits per heavy atom. The molecule has 2 unspecified atom stereocenters. The molecule has 4 rings (SSSR count). The molecule has 1 aromatic carbocycles. The summed E-state index contributed by atoms with van der Waals surface area (Å²) in [5.74, 6) is 1.96. The van der Waals surface area contributed by atoms with Crippen LogP contribution in [0, 0.1) is 0 Å². The van der Waals surface area contributed by atoms with Crippen LogP contribution >= 0.6 is 11.6 Å². The van der Waals surface area contributed by atoms with Gasteiger partial charge in [-0.25, -0.2) is 0 Å². The van der Waals surface area contributed by atoms with Gasteiger partial charge in [-0.15, -0.1) is 0 Å². The number of nitrogens with one attached hydrogen (secondary N) is 1. The lowest BCUT2D eigenvalue weighted by Crippen LogP contribution is -2.34. The van der Waals surface area contributed by atoms with E-state index in [0.717, 1.165) is 47.8 Å². The van der Waals surface area contributed by atoms with E-state index in [1.165, 1.54) is 19.3 Å². The van der Waals surface area contributed by atoms with Crippen LogP contribution in [0.4, 0.5) is 0 Å². The molecule has 0 saturated carbocycles. The first-order chi connectivity index (χ1) is 10.8. The van der Waals surface area contributed by atoms with Crippen LogP contribution < -0.4 is 5.32 Å². The highest BCUT2D eigenvalue weighted by Gasteiger charge is 2.29. The van der Waals surface area contributed by atoms with Gasteiger partial charge in [-0.05, 0) is 55.7 Å². The first-order valence-corrected chi connectivity index (χ1v) is 8.47. The lowest BCUT2D eigenvalue weighted by molar-refractivity contribution is 0.232. The smallest absolute Gasteiger partial charge is 0.134 e. The number of likely N-dealkylation sites (tertiary alicyclic amines) is 1. The Morgan fingerprint density at radius 1 is 1.05 bits per heavy atom. The van der Waals surface area contributed by atoms with Gasteiger partial charge in [0.15, 0.2) is 0 Å². The van der Waals surface area contributed by atoms with Gasteiger partial charge in [-0.1, -0.05) is 11.6 Å². The zero-order valence-electron chi connectivity index (χ0n) is 12.6. The third-order valence-corrected chi connectivity index (χ3v) is 5.03. The Kier molecular flexibility index (Phi) is 3.95. The van der Waals surface area contributed by atoms with E-state index in [4.69, 9.17) is 16.0 Å². The van der Waals surface area contributed by atoms with E-state index in [9.17, 15) is 0 Å². The predicted molar refractivity (Wildman–Crippen MR) is 89.0 cm³/mol. The van der Waals surface area contributed by atoms with Gasteiger partial charge in [-0.3, -0.25) is 4.90 Å². The van der Waals surface area contributed by atoms with Crippen molar-refractivity contribution in [1.29, 1.82) is 0 Å². The summed E-state index contributed by atoms with van der Waals surface area (Å²) in [6.45, 7) is 3.19. The van der Waals surface area contributed by atoms with Crippen molar-refractivity contribution in [2.45, 2.75) is 37.9 Å². The van der Waals surface area contributed by atoms with E-state index >= 15 is 0 Å². The van der Waals surface area contributed by atoms with Gasteiger partial charge in [0.25, 0.3) is 0 Å². The van der Waals surface area contributed by atoms with Crippen molar-refractivity contribution >= 4 is 11.6 Å². The van der Waals surface area contributed by atoms with Crippen LogP contribution in [0.1, 0.15) is 25.0 Å². The summed E-state index contributed by atoms with van der Waals surface area (Å²) in [5.41, 5.74) is 1.08. The normalized spacial score (nSPS) is 25.3. The molecule has 2 fully saturated rings. The molecule has 3 heterocycles. The van der Waals surface area contributed by atoms with Crippen LogP contribution in [0.25, 0.3) is 11.3 Å². The van der Waals surface area contributed by atoms with Crippen LogP contribution in [0.5, 0.6) is 0 Å². The molecule has 2 saturated heterocycles. The summed E-state index contributed by atoms with van der Waals surface area (Å²) >= 11 is 5.94. The minimum Gasteiger partial charge on any atom is -0.460 e. The average Bonchev–Trinajstić information content (AvgIpc) is 3.09. The third kappa shape index (κ3) is 3.07. The highest BCUT2D eigenvalue weighted by molar-refractivity contribution is 6.30. The molecule has 0 spiro atoms. The van der Waals surface area contributed by atoms with Crippen LogP contribution in [-0.4, -0.2) is 30.1 Å². The van der Waals surface area contributed by atoms with Gasteiger partial charge < -0.3 is 9.73 Å². The Bertz CT molecular complexity index is 637. The van der Waals surface area contributed by atoms with Crippen LogP contribution in [0.3, 0.4) is 0 Å². The molecular formula is C18H21ClN2O. The predicted octanol–water partition coefficient (Wildman–Crippen LogP) is 3.93. The lowest BCUT2D eigenvalue weighted by atomic mass is 10.1. The second-order valence-electron chi connectivity index (χ2n) is 6.43. The second kappa shape index (κ2) is 6.07. The summed E-state index contributed by atoms with van der Waals surface area (Å²) in [6.07, 6.45) is 3.91. The molecule has 2 bridgehead atoms. The molecular weight excluding hydrogens is 296 g/mol. The summed E-state index contributed by atoms with van der Waals surface area (Å²) in [6, 6.07) is 13.3. The summed E-state index contributed by atoms with van der Waals surface area (Å²) < 4.78 is 6.03. The van der Waals surface area contributed by atoms with Gasteiger partial charge in [0, 0.05) is 35.8 Å². The van der Waals surface area contributed by atoms with Gasteiger partial charge in [-0.2, -0.15) is 0 Å². The van der Waals surface area contributed by atoms with Gasteiger partial charge in [0.05, 0.1) is 6.54 Å². The number of furan rings is 1. The molecule has 3 nitrogen and oxygen atoms in total. The highest BCUT2D eigenvalue weighted by Crippen LogP contribution is 2.26. The largest absolute Gasteiger partial charge is 0.460 e. The van der Waals surface area contributed by atoms with Crippen LogP contribution in [0.2, 0.25) is 5.02 Å². The number of hydrogen-bond donors (Lipinski definition) is 1. The van der Waals surface area contributed by atoms with Crippen molar-refractivity contribution in [3.8, 4) is 11.3 Å². The average molecular weight is 317 g/mol. The third-order valence-electron chi connectivity index (χ3n) is 4.78. The van der Waals surface area contributed by atoms with Gasteiger partial charge >= 0.3 is 0 Å².